The molecule has 0 rings (SSSR count). The van der Waals surface area contributed by atoms with Crippen molar-refractivity contribution >= 4 is 55.5 Å². The van der Waals surface area contributed by atoms with Crippen LogP contribution in [0.3, 0.4) is 0 Å². The van der Waals surface area contributed by atoms with Crippen molar-refractivity contribution < 1.29 is 23.9 Å². The number of carbonyl (C=O) groups excluding carboxylic acids is 4. The summed E-state index contributed by atoms with van der Waals surface area (Å²) in [6, 6.07) is -1.34. The van der Waals surface area contributed by atoms with Gasteiger partial charge in [0.25, 0.3) is 0 Å². The molecule has 0 aromatic carbocycles. The molecule has 0 radical (unpaired) electrons. The van der Waals surface area contributed by atoms with Crippen LogP contribution in [0.4, 0.5) is 4.79 Å². The van der Waals surface area contributed by atoms with E-state index >= 15 is 0 Å². The first-order valence-electron chi connectivity index (χ1n) is 11.3. The average molecular weight is 600 g/mol. The predicted molar refractivity (Wildman–Crippen MR) is 137 cm³/mol. The van der Waals surface area contributed by atoms with Crippen LogP contribution in [0.2, 0.25) is 0 Å². The van der Waals surface area contributed by atoms with Crippen molar-refractivity contribution in [3.63, 3.8) is 0 Å². The zero-order valence-corrected chi connectivity index (χ0v) is 23.3. The van der Waals surface area contributed by atoms with Crippen molar-refractivity contribution in [2.45, 2.75) is 84.5 Å². The number of alkyl halides is 2. The predicted octanol–water partition coefficient (Wildman–Crippen LogP) is 2.78. The van der Waals surface area contributed by atoms with Crippen molar-refractivity contribution in [1.29, 1.82) is 0 Å². The van der Waals surface area contributed by atoms with Gasteiger partial charge in [-0.25, -0.2) is 4.79 Å². The van der Waals surface area contributed by atoms with Gasteiger partial charge in [0.05, 0.1) is 24.8 Å². The van der Waals surface area contributed by atoms with Crippen molar-refractivity contribution in [2.75, 3.05) is 23.7 Å². The summed E-state index contributed by atoms with van der Waals surface area (Å²) in [4.78, 5) is 47.8. The zero-order chi connectivity index (χ0) is 25.4. The van der Waals surface area contributed by atoms with Crippen molar-refractivity contribution in [2.24, 2.45) is 11.1 Å². The number of carbonyl (C=O) groups is 4. The first-order chi connectivity index (χ1) is 15.4. The van der Waals surface area contributed by atoms with Crippen molar-refractivity contribution in [3.8, 4) is 0 Å². The molecule has 33 heavy (non-hydrogen) atoms. The highest BCUT2D eigenvalue weighted by Crippen LogP contribution is 2.19. The van der Waals surface area contributed by atoms with Crippen LogP contribution >= 0.6 is 31.9 Å². The lowest BCUT2D eigenvalue weighted by Crippen LogP contribution is -2.49. The third-order valence-electron chi connectivity index (χ3n) is 4.84. The van der Waals surface area contributed by atoms with Gasteiger partial charge in [0.15, 0.2) is 5.78 Å². The maximum Gasteiger partial charge on any atom is 0.312 e. The number of hydrogen-bond donors (Lipinski definition) is 4. The van der Waals surface area contributed by atoms with Crippen LogP contribution in [0.5, 0.6) is 0 Å². The summed E-state index contributed by atoms with van der Waals surface area (Å²) in [6.07, 6.45) is 3.79. The highest BCUT2D eigenvalue weighted by molar-refractivity contribution is 9.09. The van der Waals surface area contributed by atoms with E-state index in [1.807, 2.05) is 6.92 Å². The number of unbranched alkanes of at least 4 members (excludes halogenated alkanes) is 1. The Hall–Kier alpha value is -1.20. The number of ketones is 1. The molecule has 0 aliphatic heterocycles. The van der Waals surface area contributed by atoms with Crippen LogP contribution in [0, 0.1) is 5.41 Å². The van der Waals surface area contributed by atoms with E-state index < -0.39 is 23.4 Å². The van der Waals surface area contributed by atoms with Gasteiger partial charge in [-0.1, -0.05) is 59.1 Å². The summed E-state index contributed by atoms with van der Waals surface area (Å²) in [5, 5.41) is 9.30. The van der Waals surface area contributed by atoms with Crippen LogP contribution in [0.1, 0.15) is 66.2 Å². The lowest BCUT2D eigenvalue weighted by molar-refractivity contribution is -0.132. The number of Topliss-reactive ketones (excluding diaryl/α,β-unsaturated/α-hetero) is 1. The molecule has 0 saturated carbocycles. The Labute approximate surface area is 214 Å². The van der Waals surface area contributed by atoms with Gasteiger partial charge in [-0.05, 0) is 32.6 Å². The fourth-order valence-corrected chi connectivity index (χ4v) is 4.43. The van der Waals surface area contributed by atoms with Gasteiger partial charge in [0.2, 0.25) is 11.8 Å². The van der Waals surface area contributed by atoms with E-state index in [9.17, 15) is 19.2 Å². The summed E-state index contributed by atoms with van der Waals surface area (Å²) in [5.74, 6) is -0.743. The Balaban J connectivity index is 4.35. The number of hydrogen-bond acceptors (Lipinski definition) is 5. The molecule has 11 heteroatoms. The normalized spacial score (nSPS) is 13.3. The molecular formula is C22H40Br2N4O5. The van der Waals surface area contributed by atoms with Crippen LogP contribution in [-0.2, 0) is 19.1 Å². The van der Waals surface area contributed by atoms with Crippen LogP contribution in [0.15, 0.2) is 0 Å². The highest BCUT2D eigenvalue weighted by atomic mass is 79.9. The first kappa shape index (κ1) is 31.8. The molecule has 0 heterocycles. The number of halogens is 2. The third kappa shape index (κ3) is 16.1. The molecule has 0 aromatic rings. The largest absolute Gasteiger partial charge is 0.374 e. The van der Waals surface area contributed by atoms with Gasteiger partial charge in [-0.15, -0.1) is 0 Å². The minimum atomic E-state index is -0.701. The summed E-state index contributed by atoms with van der Waals surface area (Å²) in [6.45, 7) is 7.48. The fourth-order valence-electron chi connectivity index (χ4n) is 3.05. The second kappa shape index (κ2) is 17.3. The van der Waals surface area contributed by atoms with E-state index in [1.165, 1.54) is 0 Å². The minimum Gasteiger partial charge on any atom is -0.374 e. The van der Waals surface area contributed by atoms with Crippen LogP contribution in [-0.4, -0.2) is 65.6 Å². The molecule has 0 saturated heterocycles. The SMILES string of the molecule is CC(CCCCC(=O)NCC(=O)N[C@@H](CCCNC(N)=O)C(=O)C(C)(C)C)OC(CBr)CBr. The molecule has 0 aliphatic carbocycles. The number of ether oxygens (including phenoxy) is 1. The molecule has 5 N–H and O–H groups in total. The van der Waals surface area contributed by atoms with Gasteiger partial charge >= 0.3 is 6.03 Å². The Kier molecular flexibility index (Phi) is 16.6. The maximum atomic E-state index is 12.7. The molecule has 9 nitrogen and oxygen atoms in total. The third-order valence-corrected chi connectivity index (χ3v) is 6.28. The molecule has 0 spiro atoms. The van der Waals surface area contributed by atoms with Gasteiger partial charge < -0.3 is 26.4 Å². The second-order valence-corrected chi connectivity index (χ2v) is 10.4. The monoisotopic (exact) mass is 598 g/mol. The quantitative estimate of drug-likeness (QED) is 0.150. The number of nitrogens with two attached hydrogens (primary N) is 1. The number of primary amides is 1. The van der Waals surface area contributed by atoms with Gasteiger partial charge in [0, 0.05) is 29.0 Å². The van der Waals surface area contributed by atoms with Gasteiger partial charge in [-0.2, -0.15) is 0 Å². The Morgan fingerprint density at radius 3 is 2.12 bits per heavy atom. The molecule has 192 valence electrons. The summed E-state index contributed by atoms with van der Waals surface area (Å²) >= 11 is 6.82. The minimum absolute atomic E-state index is 0.106. The Bertz CT molecular complexity index is 624. The van der Waals surface area contributed by atoms with E-state index in [2.05, 4.69) is 47.8 Å². The number of rotatable bonds is 17. The summed E-state index contributed by atoms with van der Waals surface area (Å²) in [7, 11) is 0. The fraction of sp³-hybridized carbons (Fsp3) is 0.818. The number of nitrogens with one attached hydrogen (secondary N) is 3. The average Bonchev–Trinajstić information content (AvgIpc) is 2.74. The lowest BCUT2D eigenvalue weighted by Gasteiger charge is -2.25. The van der Waals surface area contributed by atoms with E-state index in [0.717, 1.165) is 23.5 Å². The van der Waals surface area contributed by atoms with Crippen LogP contribution < -0.4 is 21.7 Å². The molecule has 1 unspecified atom stereocenters. The standard InChI is InChI=1S/C22H40Br2N4O5/c1-15(33-16(12-23)13-24)8-5-6-10-18(29)27-14-19(30)28-17(20(31)22(2,3)4)9-7-11-26-21(25)32/h15-17H,5-14H2,1-4H3,(H,27,29)(H,28,30)(H3,25,26,32)/t15?,17-/m0/s1. The number of urea groups is 1. The lowest BCUT2D eigenvalue weighted by atomic mass is 9.85. The van der Waals surface area contributed by atoms with Crippen LogP contribution in [0.25, 0.3) is 0 Å². The van der Waals surface area contributed by atoms with E-state index in [1.54, 1.807) is 20.8 Å². The maximum absolute atomic E-state index is 12.7. The Morgan fingerprint density at radius 2 is 1.58 bits per heavy atom. The molecular weight excluding hydrogens is 560 g/mol. The highest BCUT2D eigenvalue weighted by Gasteiger charge is 2.30. The van der Waals surface area contributed by atoms with E-state index in [-0.39, 0.29) is 30.4 Å². The topological polar surface area (TPSA) is 140 Å². The van der Waals surface area contributed by atoms with E-state index in [4.69, 9.17) is 10.5 Å². The van der Waals surface area contributed by atoms with Crippen molar-refractivity contribution in [1.82, 2.24) is 16.0 Å². The first-order valence-corrected chi connectivity index (χ1v) is 13.6. The van der Waals surface area contributed by atoms with Gasteiger partial charge in [-0.3, -0.25) is 14.4 Å². The molecule has 0 bridgehead atoms. The summed E-state index contributed by atoms with van der Waals surface area (Å²) < 4.78 is 5.86. The second-order valence-electron chi connectivity index (χ2n) is 9.07. The number of amides is 4. The zero-order valence-electron chi connectivity index (χ0n) is 20.2. The van der Waals surface area contributed by atoms with E-state index in [0.29, 0.717) is 32.2 Å². The molecule has 0 aromatic heterocycles. The molecule has 4 amide bonds. The van der Waals surface area contributed by atoms with Gasteiger partial charge in [0.1, 0.15) is 0 Å². The molecule has 0 aliphatic rings. The summed E-state index contributed by atoms with van der Waals surface area (Å²) in [5.41, 5.74) is 4.40. The smallest absolute Gasteiger partial charge is 0.312 e. The van der Waals surface area contributed by atoms with Crippen molar-refractivity contribution in [3.05, 3.63) is 0 Å². The molecule has 2 atom stereocenters. The Morgan fingerprint density at radius 1 is 0.939 bits per heavy atom. The molecule has 0 fully saturated rings.